The summed E-state index contributed by atoms with van der Waals surface area (Å²) in [5.41, 5.74) is 2.37. The van der Waals surface area contributed by atoms with Gasteiger partial charge in [0.15, 0.2) is 0 Å². The molecule has 1 atom stereocenters. The van der Waals surface area contributed by atoms with Gasteiger partial charge < -0.3 is 9.84 Å². The highest BCUT2D eigenvalue weighted by molar-refractivity contribution is 5.24. The standard InChI is InChI=1S/C11H16O2/c1-9-3-5-10(6-4-9)11(7-12)8-13-2/h3-6,11-12H,7-8H2,1-2H3. The Bertz CT molecular complexity index is 241. The zero-order valence-corrected chi connectivity index (χ0v) is 8.16. The van der Waals surface area contributed by atoms with Crippen molar-refractivity contribution < 1.29 is 9.84 Å². The summed E-state index contributed by atoms with van der Waals surface area (Å²) < 4.78 is 5.02. The quantitative estimate of drug-likeness (QED) is 0.764. The summed E-state index contributed by atoms with van der Waals surface area (Å²) in [5, 5.41) is 9.10. The van der Waals surface area contributed by atoms with Crippen LogP contribution >= 0.6 is 0 Å². The molecular formula is C11H16O2. The van der Waals surface area contributed by atoms with Gasteiger partial charge in [-0.2, -0.15) is 0 Å². The maximum atomic E-state index is 9.10. The first kappa shape index (κ1) is 10.2. The molecule has 0 amide bonds. The molecule has 0 bridgehead atoms. The van der Waals surface area contributed by atoms with E-state index >= 15 is 0 Å². The Kier molecular flexibility index (Phi) is 3.93. The maximum absolute atomic E-state index is 9.10. The number of aliphatic hydroxyl groups is 1. The third-order valence-corrected chi connectivity index (χ3v) is 2.14. The van der Waals surface area contributed by atoms with Gasteiger partial charge in [-0.25, -0.2) is 0 Å². The van der Waals surface area contributed by atoms with Crippen molar-refractivity contribution in [3.63, 3.8) is 0 Å². The lowest BCUT2D eigenvalue weighted by molar-refractivity contribution is 0.144. The number of methoxy groups -OCH3 is 1. The molecule has 0 aliphatic heterocycles. The van der Waals surface area contributed by atoms with Crippen LogP contribution in [0.4, 0.5) is 0 Å². The van der Waals surface area contributed by atoms with Gasteiger partial charge in [-0.15, -0.1) is 0 Å². The highest BCUT2D eigenvalue weighted by Gasteiger charge is 2.08. The molecule has 2 nitrogen and oxygen atoms in total. The average molecular weight is 180 g/mol. The fraction of sp³-hybridized carbons (Fsp3) is 0.455. The Morgan fingerprint density at radius 2 is 1.92 bits per heavy atom. The van der Waals surface area contributed by atoms with Crippen LogP contribution in [0, 0.1) is 6.92 Å². The Labute approximate surface area is 79.2 Å². The third kappa shape index (κ3) is 2.83. The van der Waals surface area contributed by atoms with Crippen LogP contribution in [-0.2, 0) is 4.74 Å². The number of aliphatic hydroxyl groups excluding tert-OH is 1. The van der Waals surface area contributed by atoms with E-state index in [2.05, 4.69) is 0 Å². The number of ether oxygens (including phenoxy) is 1. The molecular weight excluding hydrogens is 164 g/mol. The van der Waals surface area contributed by atoms with Gasteiger partial charge in [0.2, 0.25) is 0 Å². The molecule has 0 fully saturated rings. The lowest BCUT2D eigenvalue weighted by atomic mass is 10.00. The topological polar surface area (TPSA) is 29.5 Å². The fourth-order valence-electron chi connectivity index (χ4n) is 1.29. The van der Waals surface area contributed by atoms with Crippen LogP contribution in [-0.4, -0.2) is 25.4 Å². The smallest absolute Gasteiger partial charge is 0.0553 e. The first-order chi connectivity index (χ1) is 6.27. The summed E-state index contributed by atoms with van der Waals surface area (Å²) in [6.45, 7) is 2.75. The lowest BCUT2D eigenvalue weighted by Crippen LogP contribution is -2.10. The molecule has 1 aromatic carbocycles. The van der Waals surface area contributed by atoms with E-state index < -0.39 is 0 Å². The second-order valence-electron chi connectivity index (χ2n) is 3.25. The van der Waals surface area contributed by atoms with E-state index in [9.17, 15) is 0 Å². The van der Waals surface area contributed by atoms with Gasteiger partial charge in [0.25, 0.3) is 0 Å². The van der Waals surface area contributed by atoms with Crippen molar-refractivity contribution in [3.8, 4) is 0 Å². The van der Waals surface area contributed by atoms with Gasteiger partial charge in [0.05, 0.1) is 13.2 Å². The number of hydrogen-bond donors (Lipinski definition) is 1. The van der Waals surface area contributed by atoms with Crippen molar-refractivity contribution in [2.24, 2.45) is 0 Å². The van der Waals surface area contributed by atoms with E-state index in [0.29, 0.717) is 6.61 Å². The predicted octanol–water partition coefficient (Wildman–Crippen LogP) is 1.72. The summed E-state index contributed by atoms with van der Waals surface area (Å²) in [7, 11) is 1.65. The molecule has 0 heterocycles. The molecule has 13 heavy (non-hydrogen) atoms. The van der Waals surface area contributed by atoms with Crippen molar-refractivity contribution in [2.75, 3.05) is 20.3 Å². The molecule has 72 valence electrons. The Balaban J connectivity index is 2.73. The van der Waals surface area contributed by atoms with E-state index in [-0.39, 0.29) is 12.5 Å². The summed E-state index contributed by atoms with van der Waals surface area (Å²) >= 11 is 0. The van der Waals surface area contributed by atoms with Gasteiger partial charge in [-0.05, 0) is 12.5 Å². The van der Waals surface area contributed by atoms with E-state index in [1.165, 1.54) is 5.56 Å². The van der Waals surface area contributed by atoms with Crippen LogP contribution in [0.3, 0.4) is 0 Å². The second kappa shape index (κ2) is 5.00. The highest BCUT2D eigenvalue weighted by atomic mass is 16.5. The van der Waals surface area contributed by atoms with Gasteiger partial charge in [-0.3, -0.25) is 0 Å². The van der Waals surface area contributed by atoms with Gasteiger partial charge >= 0.3 is 0 Å². The first-order valence-corrected chi connectivity index (χ1v) is 4.44. The minimum absolute atomic E-state index is 0.102. The van der Waals surface area contributed by atoms with Gasteiger partial charge in [-0.1, -0.05) is 29.8 Å². The SMILES string of the molecule is COCC(CO)c1ccc(C)cc1. The van der Waals surface area contributed by atoms with E-state index in [0.717, 1.165) is 5.56 Å². The molecule has 1 rings (SSSR count). The van der Waals surface area contributed by atoms with Crippen LogP contribution in [0.5, 0.6) is 0 Å². The summed E-state index contributed by atoms with van der Waals surface area (Å²) in [6.07, 6.45) is 0. The van der Waals surface area contributed by atoms with Crippen LogP contribution in [0.15, 0.2) is 24.3 Å². The minimum atomic E-state index is 0.102. The molecule has 0 saturated heterocycles. The molecule has 1 aromatic rings. The van der Waals surface area contributed by atoms with E-state index in [1.54, 1.807) is 7.11 Å². The summed E-state index contributed by atoms with van der Waals surface area (Å²) in [4.78, 5) is 0. The average Bonchev–Trinajstić information content (AvgIpc) is 2.16. The number of aryl methyl sites for hydroxylation is 1. The van der Waals surface area contributed by atoms with Crippen molar-refractivity contribution >= 4 is 0 Å². The Hall–Kier alpha value is -0.860. The van der Waals surface area contributed by atoms with Crippen LogP contribution in [0.1, 0.15) is 17.0 Å². The van der Waals surface area contributed by atoms with Gasteiger partial charge in [0, 0.05) is 13.0 Å². The number of hydrogen-bond acceptors (Lipinski definition) is 2. The molecule has 1 N–H and O–H groups in total. The van der Waals surface area contributed by atoms with Crippen molar-refractivity contribution in [1.29, 1.82) is 0 Å². The zero-order chi connectivity index (χ0) is 9.68. The molecule has 2 heteroatoms. The maximum Gasteiger partial charge on any atom is 0.0553 e. The fourth-order valence-corrected chi connectivity index (χ4v) is 1.29. The van der Waals surface area contributed by atoms with Crippen molar-refractivity contribution in [2.45, 2.75) is 12.8 Å². The molecule has 0 aromatic heterocycles. The van der Waals surface area contributed by atoms with Crippen LogP contribution in [0.2, 0.25) is 0 Å². The molecule has 1 unspecified atom stereocenters. The summed E-state index contributed by atoms with van der Waals surface area (Å²) in [5.74, 6) is 0.102. The molecule has 0 spiro atoms. The van der Waals surface area contributed by atoms with Crippen LogP contribution < -0.4 is 0 Å². The monoisotopic (exact) mass is 180 g/mol. The normalized spacial score (nSPS) is 12.8. The molecule has 0 aliphatic rings. The first-order valence-electron chi connectivity index (χ1n) is 4.44. The van der Waals surface area contributed by atoms with Crippen molar-refractivity contribution in [1.82, 2.24) is 0 Å². The van der Waals surface area contributed by atoms with Crippen LogP contribution in [0.25, 0.3) is 0 Å². The van der Waals surface area contributed by atoms with Gasteiger partial charge in [0.1, 0.15) is 0 Å². The highest BCUT2D eigenvalue weighted by Crippen LogP contribution is 2.15. The lowest BCUT2D eigenvalue weighted by Gasteiger charge is -2.13. The zero-order valence-electron chi connectivity index (χ0n) is 8.16. The minimum Gasteiger partial charge on any atom is -0.396 e. The largest absolute Gasteiger partial charge is 0.396 e. The molecule has 0 radical (unpaired) electrons. The predicted molar refractivity (Wildman–Crippen MR) is 52.9 cm³/mol. The number of rotatable bonds is 4. The molecule has 0 aliphatic carbocycles. The van der Waals surface area contributed by atoms with E-state index in [4.69, 9.17) is 9.84 Å². The number of benzene rings is 1. The summed E-state index contributed by atoms with van der Waals surface area (Å²) in [6, 6.07) is 8.17. The van der Waals surface area contributed by atoms with Crippen molar-refractivity contribution in [3.05, 3.63) is 35.4 Å². The van der Waals surface area contributed by atoms with E-state index in [1.807, 2.05) is 31.2 Å². The third-order valence-electron chi connectivity index (χ3n) is 2.14. The second-order valence-corrected chi connectivity index (χ2v) is 3.25. The Morgan fingerprint density at radius 3 is 2.38 bits per heavy atom. The molecule has 0 saturated carbocycles. The Morgan fingerprint density at radius 1 is 1.31 bits per heavy atom.